The van der Waals surface area contributed by atoms with Crippen molar-refractivity contribution < 1.29 is 40.5 Å². The van der Waals surface area contributed by atoms with Crippen molar-refractivity contribution in [1.29, 1.82) is 0 Å². The summed E-state index contributed by atoms with van der Waals surface area (Å²) in [7, 11) is -6.22. The predicted molar refractivity (Wildman–Crippen MR) is 239 cm³/mol. The molecule has 0 aliphatic heterocycles. The number of thioether (sulfide) groups is 1. The Morgan fingerprint density at radius 1 is 0.742 bits per heavy atom. The lowest BCUT2D eigenvalue weighted by Crippen LogP contribution is -2.26. The second-order valence-corrected chi connectivity index (χ2v) is 17.1. The smallest absolute Gasteiger partial charge is 0.294 e. The average molecular weight is 912 g/mol. The molecule has 0 bridgehead atoms. The van der Waals surface area contributed by atoms with Crippen LogP contribution in [0.1, 0.15) is 27.7 Å². The van der Waals surface area contributed by atoms with Gasteiger partial charge in [-0.15, -0.1) is 10.2 Å². The minimum Gasteiger partial charge on any atom is -0.494 e. The maximum atomic E-state index is 11.9. The molecule has 20 nitrogen and oxygen atoms in total. The van der Waals surface area contributed by atoms with Crippen molar-refractivity contribution in [3.63, 3.8) is 0 Å². The standard InChI is InChI=1S/C39H49N11O9S3/c1-7-49(8-2)25-11-15-29(45-47-33-23-27(61(52,53)54)13-17-35(33)58-5)31(21-25)40-37-42-38(44-39(43-37)60-20-19-51)41-32-22-26(50(9-3)10-4)12-16-30(32)46-48-34-24-28(62(55,56)57)14-18-36(34)59-6/h11-18,21-24,33,35,51H,7-10,19-20H2,1-6H3,(H,52,53,54)(H,55,56,57)(H2,40,41,42,43,44). The Morgan fingerprint density at radius 3 is 1.81 bits per heavy atom. The number of hydrogen-bond acceptors (Lipinski definition) is 19. The summed E-state index contributed by atoms with van der Waals surface area (Å²) in [5.74, 6) is 0.669. The second kappa shape index (κ2) is 21.5. The number of ether oxygens (including phenoxy) is 2. The molecule has 1 aliphatic carbocycles. The summed E-state index contributed by atoms with van der Waals surface area (Å²) in [4.78, 5) is 17.5. The molecular weight excluding hydrogens is 863 g/mol. The fourth-order valence-corrected chi connectivity index (χ4v) is 7.80. The summed E-state index contributed by atoms with van der Waals surface area (Å²) < 4.78 is 77.9. The molecule has 23 heteroatoms. The molecule has 1 aromatic heterocycles. The quantitative estimate of drug-likeness (QED) is 0.0306. The number of methoxy groups -OCH3 is 2. The molecule has 0 saturated carbocycles. The minimum absolute atomic E-state index is 0.0446. The zero-order valence-electron chi connectivity index (χ0n) is 34.9. The fraction of sp³-hybridized carbons (Fsp3) is 0.359. The molecule has 0 amide bonds. The Morgan fingerprint density at radius 2 is 1.31 bits per heavy atom. The van der Waals surface area contributed by atoms with E-state index >= 15 is 0 Å². The van der Waals surface area contributed by atoms with E-state index in [4.69, 9.17) is 14.5 Å². The van der Waals surface area contributed by atoms with Crippen molar-refractivity contribution >= 4 is 83.7 Å². The van der Waals surface area contributed by atoms with Crippen LogP contribution in [0.15, 0.2) is 108 Å². The van der Waals surface area contributed by atoms with Gasteiger partial charge in [0, 0.05) is 50.4 Å². The molecule has 62 heavy (non-hydrogen) atoms. The van der Waals surface area contributed by atoms with Gasteiger partial charge in [-0.05, 0) is 94.4 Å². The molecule has 332 valence electrons. The highest BCUT2D eigenvalue weighted by molar-refractivity contribution is 7.99. The summed E-state index contributed by atoms with van der Waals surface area (Å²) in [6.45, 7) is 10.7. The van der Waals surface area contributed by atoms with Crippen LogP contribution >= 0.6 is 11.8 Å². The van der Waals surface area contributed by atoms with Crippen LogP contribution in [-0.4, -0.2) is 111 Å². The number of aliphatic hydroxyl groups is 1. The molecule has 0 saturated heterocycles. The molecule has 0 fully saturated rings. The third-order valence-corrected chi connectivity index (χ3v) is 11.9. The zero-order valence-corrected chi connectivity index (χ0v) is 37.3. The average Bonchev–Trinajstić information content (AvgIpc) is 3.25. The van der Waals surface area contributed by atoms with E-state index in [0.29, 0.717) is 48.9 Å². The Labute approximate surface area is 364 Å². The number of nitrogens with one attached hydrogen (secondary N) is 2. The molecule has 1 aliphatic rings. The van der Waals surface area contributed by atoms with Gasteiger partial charge in [-0.1, -0.05) is 17.8 Å². The number of allylic oxidation sites excluding steroid dienone is 1. The van der Waals surface area contributed by atoms with Crippen molar-refractivity contribution in [1.82, 2.24) is 15.0 Å². The minimum atomic E-state index is -4.54. The SMILES string of the molecule is CCN(CC)c1ccc(N=Nc2cc(S(=O)(=O)O)ccc2OC)c(Nc2nc(Nc3cc(N(CC)CC)ccc3N=NC3C=C(S(=O)(=O)O)C=CC3OC)nc(SCCO)n2)c1. The van der Waals surface area contributed by atoms with Crippen LogP contribution in [0.5, 0.6) is 5.75 Å². The van der Waals surface area contributed by atoms with E-state index in [1.807, 2.05) is 52.0 Å². The van der Waals surface area contributed by atoms with Crippen LogP contribution in [0.2, 0.25) is 0 Å². The third kappa shape index (κ3) is 12.3. The van der Waals surface area contributed by atoms with Gasteiger partial charge in [-0.2, -0.15) is 42.0 Å². The predicted octanol–water partition coefficient (Wildman–Crippen LogP) is 7.62. The first-order chi connectivity index (χ1) is 29.6. The fourth-order valence-electron chi connectivity index (χ4n) is 6.16. The first-order valence-corrected chi connectivity index (χ1v) is 23.2. The van der Waals surface area contributed by atoms with E-state index in [0.717, 1.165) is 17.4 Å². The molecule has 3 aromatic carbocycles. The van der Waals surface area contributed by atoms with E-state index in [2.05, 4.69) is 50.9 Å². The summed E-state index contributed by atoms with van der Waals surface area (Å²) >= 11 is 1.19. The molecular formula is C39H49N11O9S3. The highest BCUT2D eigenvalue weighted by Crippen LogP contribution is 2.38. The molecule has 2 atom stereocenters. The van der Waals surface area contributed by atoms with Gasteiger partial charge in [-0.3, -0.25) is 9.11 Å². The maximum Gasteiger partial charge on any atom is 0.294 e. The van der Waals surface area contributed by atoms with Gasteiger partial charge in [0.15, 0.2) is 5.16 Å². The van der Waals surface area contributed by atoms with E-state index in [-0.39, 0.29) is 50.7 Å². The highest BCUT2D eigenvalue weighted by atomic mass is 32.2. The van der Waals surface area contributed by atoms with Crippen LogP contribution in [0.25, 0.3) is 0 Å². The molecule has 4 aromatic rings. The summed E-state index contributed by atoms with van der Waals surface area (Å²) in [6.07, 6.45) is 3.32. The number of aliphatic hydroxyl groups excluding tert-OH is 1. The summed E-state index contributed by atoms with van der Waals surface area (Å²) in [5.41, 5.74) is 3.25. The van der Waals surface area contributed by atoms with Crippen LogP contribution in [0, 0.1) is 0 Å². The van der Waals surface area contributed by atoms with Gasteiger partial charge in [-0.25, -0.2) is 0 Å². The Balaban J connectivity index is 1.60. The molecule has 5 N–H and O–H groups in total. The molecule has 0 spiro atoms. The van der Waals surface area contributed by atoms with Crippen molar-refractivity contribution in [3.05, 3.63) is 77.7 Å². The van der Waals surface area contributed by atoms with Gasteiger partial charge in [0.2, 0.25) is 11.9 Å². The Kier molecular flexibility index (Phi) is 16.5. The lowest BCUT2D eigenvalue weighted by Gasteiger charge is -2.23. The van der Waals surface area contributed by atoms with E-state index in [1.54, 1.807) is 12.1 Å². The summed E-state index contributed by atoms with van der Waals surface area (Å²) in [5, 5.41) is 34.1. The monoisotopic (exact) mass is 911 g/mol. The van der Waals surface area contributed by atoms with Crippen LogP contribution in [0.3, 0.4) is 0 Å². The van der Waals surface area contributed by atoms with Crippen LogP contribution in [-0.2, 0) is 25.0 Å². The lowest BCUT2D eigenvalue weighted by molar-refractivity contribution is 0.128. The number of azo groups is 2. The van der Waals surface area contributed by atoms with Crippen LogP contribution in [0.4, 0.5) is 51.7 Å². The first-order valence-electron chi connectivity index (χ1n) is 19.3. The van der Waals surface area contributed by atoms with Gasteiger partial charge < -0.3 is 35.0 Å². The molecule has 2 unspecified atom stereocenters. The van der Waals surface area contributed by atoms with Crippen molar-refractivity contribution in [2.45, 2.75) is 49.9 Å². The topological polar surface area (TPSA) is 266 Å². The first kappa shape index (κ1) is 47.5. The van der Waals surface area contributed by atoms with Gasteiger partial charge in [0.1, 0.15) is 35.0 Å². The summed E-state index contributed by atoms with van der Waals surface area (Å²) in [6, 6.07) is 13.7. The maximum absolute atomic E-state index is 11.9. The van der Waals surface area contributed by atoms with Gasteiger partial charge >= 0.3 is 0 Å². The highest BCUT2D eigenvalue weighted by Gasteiger charge is 2.25. The molecule has 5 rings (SSSR count). The number of rotatable bonds is 21. The molecule has 0 radical (unpaired) electrons. The van der Waals surface area contributed by atoms with E-state index in [9.17, 15) is 31.0 Å². The number of anilines is 6. The van der Waals surface area contributed by atoms with Crippen molar-refractivity contribution in [3.8, 4) is 5.75 Å². The molecule has 1 heterocycles. The van der Waals surface area contributed by atoms with Crippen LogP contribution < -0.4 is 25.2 Å². The number of aromatic nitrogens is 3. The lowest BCUT2D eigenvalue weighted by atomic mass is 10.1. The third-order valence-electron chi connectivity index (χ3n) is 9.35. The van der Waals surface area contributed by atoms with Crippen molar-refractivity contribution in [2.75, 3.05) is 73.2 Å². The number of hydrogen-bond donors (Lipinski definition) is 5. The normalized spacial score (nSPS) is 15.5. The number of benzene rings is 3. The van der Waals surface area contributed by atoms with Crippen molar-refractivity contribution in [2.24, 2.45) is 20.5 Å². The Bertz CT molecular complexity index is 2550. The Hall–Kier alpha value is -5.56. The second-order valence-electron chi connectivity index (χ2n) is 13.2. The van der Waals surface area contributed by atoms with E-state index < -0.39 is 32.4 Å². The van der Waals surface area contributed by atoms with Gasteiger partial charge in [0.05, 0.1) is 34.9 Å². The number of nitrogens with zero attached hydrogens (tertiary/aromatic N) is 9. The zero-order chi connectivity index (χ0) is 45.0. The van der Waals surface area contributed by atoms with E-state index in [1.165, 1.54) is 56.3 Å². The largest absolute Gasteiger partial charge is 0.494 e. The van der Waals surface area contributed by atoms with Gasteiger partial charge in [0.25, 0.3) is 20.2 Å².